The van der Waals surface area contributed by atoms with Gasteiger partial charge in [0.05, 0.1) is 17.8 Å². The summed E-state index contributed by atoms with van der Waals surface area (Å²) in [5.74, 6) is 0.875. The Balaban J connectivity index is 1.92. The number of H-pyrrole nitrogens is 1. The number of ether oxygens (including phenoxy) is 1. The predicted molar refractivity (Wildman–Crippen MR) is 86.4 cm³/mol. The van der Waals surface area contributed by atoms with E-state index in [0.29, 0.717) is 0 Å². The Labute approximate surface area is 124 Å². The van der Waals surface area contributed by atoms with Crippen LogP contribution in [0.1, 0.15) is 38.2 Å². The van der Waals surface area contributed by atoms with Gasteiger partial charge in [-0.05, 0) is 37.5 Å². The second-order valence-corrected chi connectivity index (χ2v) is 5.60. The van der Waals surface area contributed by atoms with Crippen LogP contribution in [0.3, 0.4) is 0 Å². The summed E-state index contributed by atoms with van der Waals surface area (Å²) in [6.45, 7) is 3.86. The molecule has 21 heavy (non-hydrogen) atoms. The highest BCUT2D eigenvalue weighted by atomic mass is 16.5. The first-order valence-corrected chi connectivity index (χ1v) is 7.85. The normalized spacial score (nSPS) is 13.8. The van der Waals surface area contributed by atoms with E-state index in [1.54, 1.807) is 0 Å². The van der Waals surface area contributed by atoms with Crippen LogP contribution in [-0.2, 0) is 6.42 Å². The van der Waals surface area contributed by atoms with Gasteiger partial charge in [-0.1, -0.05) is 19.8 Å². The summed E-state index contributed by atoms with van der Waals surface area (Å²) in [7, 11) is 0. The molecule has 1 aliphatic rings. The fourth-order valence-corrected chi connectivity index (χ4v) is 2.86. The zero-order chi connectivity index (χ0) is 14.7. The van der Waals surface area contributed by atoms with E-state index in [4.69, 9.17) is 4.74 Å². The minimum absolute atomic E-state index is 0.0290. The average molecular weight is 286 g/mol. The lowest BCUT2D eigenvalue weighted by Crippen LogP contribution is -2.22. The van der Waals surface area contributed by atoms with Gasteiger partial charge in [-0.2, -0.15) is 0 Å². The molecule has 2 N–H and O–H groups in total. The van der Waals surface area contributed by atoms with E-state index in [9.17, 15) is 4.79 Å². The van der Waals surface area contributed by atoms with E-state index in [-0.39, 0.29) is 5.56 Å². The molecule has 0 unspecified atom stereocenters. The number of rotatable bonds is 5. The molecule has 0 spiro atoms. The SMILES string of the molecule is CCCCCOc1ccc2[nH]c(=O)c3c(c2c1)NCCC3. The monoisotopic (exact) mass is 286 g/mol. The van der Waals surface area contributed by atoms with Crippen molar-refractivity contribution in [1.29, 1.82) is 0 Å². The molecule has 4 nitrogen and oxygen atoms in total. The van der Waals surface area contributed by atoms with E-state index in [2.05, 4.69) is 17.2 Å². The van der Waals surface area contributed by atoms with Gasteiger partial charge < -0.3 is 15.0 Å². The van der Waals surface area contributed by atoms with Gasteiger partial charge in [-0.15, -0.1) is 0 Å². The summed E-state index contributed by atoms with van der Waals surface area (Å²) in [5, 5.41) is 4.43. The fourth-order valence-electron chi connectivity index (χ4n) is 2.86. The minimum Gasteiger partial charge on any atom is -0.494 e. The zero-order valence-electron chi connectivity index (χ0n) is 12.5. The zero-order valence-corrected chi connectivity index (χ0v) is 12.5. The number of pyridine rings is 1. The van der Waals surface area contributed by atoms with Crippen LogP contribution < -0.4 is 15.6 Å². The predicted octanol–water partition coefficient (Wildman–Crippen LogP) is 3.46. The molecule has 1 aliphatic heterocycles. The Morgan fingerprint density at radius 1 is 1.29 bits per heavy atom. The number of aromatic amines is 1. The summed E-state index contributed by atoms with van der Waals surface area (Å²) in [4.78, 5) is 15.1. The Bertz CT molecular complexity index is 691. The maximum Gasteiger partial charge on any atom is 0.253 e. The third kappa shape index (κ3) is 2.89. The van der Waals surface area contributed by atoms with Gasteiger partial charge in [0.25, 0.3) is 5.56 Å². The van der Waals surface area contributed by atoms with E-state index in [1.807, 2.05) is 18.2 Å². The number of hydrogen-bond donors (Lipinski definition) is 2. The van der Waals surface area contributed by atoms with Gasteiger partial charge in [0.2, 0.25) is 0 Å². The second kappa shape index (κ2) is 6.20. The number of anilines is 1. The third-order valence-corrected chi connectivity index (χ3v) is 4.01. The van der Waals surface area contributed by atoms with Crippen LogP contribution in [0.25, 0.3) is 10.9 Å². The third-order valence-electron chi connectivity index (χ3n) is 4.01. The molecule has 0 saturated heterocycles. The van der Waals surface area contributed by atoms with Crippen LogP contribution in [0.4, 0.5) is 5.69 Å². The molecular weight excluding hydrogens is 264 g/mol. The Hall–Kier alpha value is -1.97. The van der Waals surface area contributed by atoms with Crippen molar-refractivity contribution in [1.82, 2.24) is 4.98 Å². The lowest BCUT2D eigenvalue weighted by molar-refractivity contribution is 0.306. The molecular formula is C17H22N2O2. The first-order valence-electron chi connectivity index (χ1n) is 7.85. The summed E-state index contributed by atoms with van der Waals surface area (Å²) in [5.41, 5.74) is 2.76. The van der Waals surface area contributed by atoms with Crippen LogP contribution in [0, 0.1) is 0 Å². The Morgan fingerprint density at radius 2 is 2.19 bits per heavy atom. The summed E-state index contributed by atoms with van der Waals surface area (Å²) < 4.78 is 5.82. The quantitative estimate of drug-likeness (QED) is 0.828. The number of fused-ring (bicyclic) bond motifs is 3. The van der Waals surface area contributed by atoms with Crippen molar-refractivity contribution in [2.45, 2.75) is 39.0 Å². The van der Waals surface area contributed by atoms with Crippen LogP contribution in [0.15, 0.2) is 23.0 Å². The molecule has 3 rings (SSSR count). The minimum atomic E-state index is 0.0290. The molecule has 0 fully saturated rings. The first kappa shape index (κ1) is 14.0. The molecule has 4 heteroatoms. The lowest BCUT2D eigenvalue weighted by Gasteiger charge is -2.19. The molecule has 2 heterocycles. The largest absolute Gasteiger partial charge is 0.494 e. The summed E-state index contributed by atoms with van der Waals surface area (Å²) >= 11 is 0. The molecule has 1 aromatic carbocycles. The average Bonchev–Trinajstić information content (AvgIpc) is 2.52. The van der Waals surface area contributed by atoms with Crippen molar-refractivity contribution in [2.75, 3.05) is 18.5 Å². The lowest BCUT2D eigenvalue weighted by atomic mass is 10.0. The Kier molecular flexibility index (Phi) is 4.13. The van der Waals surface area contributed by atoms with E-state index in [1.165, 1.54) is 12.8 Å². The Morgan fingerprint density at radius 3 is 3.05 bits per heavy atom. The first-order chi connectivity index (χ1) is 10.3. The topological polar surface area (TPSA) is 54.1 Å². The summed E-state index contributed by atoms with van der Waals surface area (Å²) in [6, 6.07) is 5.90. The molecule has 112 valence electrons. The maximum atomic E-state index is 12.1. The van der Waals surface area contributed by atoms with Crippen LogP contribution >= 0.6 is 0 Å². The van der Waals surface area contributed by atoms with Crippen LogP contribution in [-0.4, -0.2) is 18.1 Å². The number of unbranched alkanes of at least 4 members (excludes halogenated alkanes) is 2. The molecule has 2 aromatic rings. The number of aromatic nitrogens is 1. The second-order valence-electron chi connectivity index (χ2n) is 5.60. The van der Waals surface area contributed by atoms with E-state index >= 15 is 0 Å². The smallest absolute Gasteiger partial charge is 0.253 e. The maximum absolute atomic E-state index is 12.1. The van der Waals surface area contributed by atoms with E-state index < -0.39 is 0 Å². The highest BCUT2D eigenvalue weighted by Crippen LogP contribution is 2.30. The van der Waals surface area contributed by atoms with Gasteiger partial charge in [0.15, 0.2) is 0 Å². The van der Waals surface area contributed by atoms with Crippen molar-refractivity contribution >= 4 is 16.6 Å². The molecule has 0 radical (unpaired) electrons. The highest BCUT2D eigenvalue weighted by molar-refractivity contribution is 5.94. The molecule has 0 aliphatic carbocycles. The highest BCUT2D eigenvalue weighted by Gasteiger charge is 2.16. The van der Waals surface area contributed by atoms with Gasteiger partial charge in [0, 0.05) is 17.5 Å². The van der Waals surface area contributed by atoms with E-state index in [0.717, 1.165) is 60.3 Å². The molecule has 0 bridgehead atoms. The fraction of sp³-hybridized carbons (Fsp3) is 0.471. The summed E-state index contributed by atoms with van der Waals surface area (Å²) in [6.07, 6.45) is 5.32. The standard InChI is InChI=1S/C17H22N2O2/c1-2-3-4-10-21-12-7-8-15-14(11-12)16-13(17(20)19-15)6-5-9-18-16/h7-8,11,18H,2-6,9-10H2,1H3,(H,19,20). The van der Waals surface area contributed by atoms with Gasteiger partial charge >= 0.3 is 0 Å². The van der Waals surface area contributed by atoms with Gasteiger partial charge in [0.1, 0.15) is 5.75 Å². The van der Waals surface area contributed by atoms with Crippen molar-refractivity contribution in [2.24, 2.45) is 0 Å². The number of nitrogens with one attached hydrogen (secondary N) is 2. The molecule has 0 atom stereocenters. The van der Waals surface area contributed by atoms with Gasteiger partial charge in [-0.3, -0.25) is 4.79 Å². The van der Waals surface area contributed by atoms with Crippen molar-refractivity contribution in [3.63, 3.8) is 0 Å². The number of benzene rings is 1. The van der Waals surface area contributed by atoms with Crippen molar-refractivity contribution < 1.29 is 4.74 Å². The van der Waals surface area contributed by atoms with Crippen LogP contribution in [0.5, 0.6) is 5.75 Å². The van der Waals surface area contributed by atoms with Gasteiger partial charge in [-0.25, -0.2) is 0 Å². The van der Waals surface area contributed by atoms with Crippen LogP contribution in [0.2, 0.25) is 0 Å². The molecule has 0 amide bonds. The number of hydrogen-bond acceptors (Lipinski definition) is 3. The van der Waals surface area contributed by atoms with Crippen molar-refractivity contribution in [3.05, 3.63) is 34.1 Å². The molecule has 1 aromatic heterocycles. The molecule has 0 saturated carbocycles. The van der Waals surface area contributed by atoms with Crippen molar-refractivity contribution in [3.8, 4) is 5.75 Å².